The number of benzene rings is 9. The summed E-state index contributed by atoms with van der Waals surface area (Å²) >= 11 is 0. The van der Waals surface area contributed by atoms with Crippen LogP contribution in [-0.4, -0.2) is 14.1 Å². The molecular weight excluding hydrogens is 1120 g/mol. The Hall–Kier alpha value is -8.37. The van der Waals surface area contributed by atoms with Crippen molar-refractivity contribution in [3.63, 3.8) is 0 Å². The largest absolute Gasteiger partial charge is 0.464 e. The Morgan fingerprint density at radius 1 is 0.558 bits per heavy atom. The summed E-state index contributed by atoms with van der Waals surface area (Å²) in [4.78, 5) is 4.89. The number of imidazole rings is 1. The molecule has 0 saturated heterocycles. The van der Waals surface area contributed by atoms with Crippen molar-refractivity contribution in [2.24, 2.45) is 0 Å². The normalized spacial score (nSPS) is 12.9. The zero-order chi connectivity index (χ0) is 56.1. The van der Waals surface area contributed by atoms with Gasteiger partial charge in [0.15, 0.2) is 0 Å². The number of pyridine rings is 1. The van der Waals surface area contributed by atoms with Crippen molar-refractivity contribution in [3.8, 4) is 61.7 Å². The summed E-state index contributed by atoms with van der Waals surface area (Å²) in [5.74, 6) is 0.758. The zero-order valence-corrected chi connectivity index (χ0v) is 45.9. The van der Waals surface area contributed by atoms with Crippen molar-refractivity contribution >= 4 is 43.8 Å². The van der Waals surface area contributed by atoms with Gasteiger partial charge in [-0.25, -0.2) is 4.98 Å². The maximum absolute atomic E-state index is 9.17. The molecular formula is C71H56N4OPt-2. The number of fused-ring (bicyclic) bond motifs is 5. The van der Waals surface area contributed by atoms with Gasteiger partial charge >= 0.3 is 0 Å². The fourth-order valence-corrected chi connectivity index (χ4v) is 10.6. The molecule has 5 nitrogen and oxygen atoms in total. The first kappa shape index (κ1) is 43.8. The quantitative estimate of drug-likeness (QED) is 0.107. The van der Waals surface area contributed by atoms with Gasteiger partial charge in [0.2, 0.25) is 0 Å². The fraction of sp³-hybridized carbons (Fsp3) is 0.127. The molecule has 0 N–H and O–H groups in total. The predicted molar refractivity (Wildman–Crippen MR) is 312 cm³/mol. The van der Waals surface area contributed by atoms with E-state index in [-0.39, 0.29) is 56.2 Å². The Balaban J connectivity index is 0.00000665. The summed E-state index contributed by atoms with van der Waals surface area (Å²) in [5.41, 5.74) is 16.2. The van der Waals surface area contributed by atoms with Gasteiger partial charge in [0.05, 0.1) is 29.8 Å². The number of aromatic nitrogens is 4. The van der Waals surface area contributed by atoms with Gasteiger partial charge in [0.25, 0.3) is 6.33 Å². The second kappa shape index (κ2) is 19.6. The van der Waals surface area contributed by atoms with E-state index in [1.807, 2.05) is 36.5 Å². The molecule has 0 aliphatic rings. The molecule has 6 heteroatoms. The average Bonchev–Trinajstić information content (AvgIpc) is 4.33. The number of hydrogen-bond acceptors (Lipinski definition) is 2. The number of furan rings is 1. The smallest absolute Gasteiger partial charge is 0.268 e. The van der Waals surface area contributed by atoms with Gasteiger partial charge in [0, 0.05) is 44.2 Å². The van der Waals surface area contributed by atoms with Gasteiger partial charge in [-0.15, -0.1) is 5.39 Å². The average molecular weight is 1180 g/mol. The standard InChI is InChI=1S/C71H56N4O.Pt/c1-70(2,3)56-40-54(50-22-11-8-12-23-50)39-55(41-56)62-43-57(71(4,5)6)42-61(52-25-18-24-51(38-52)49-20-9-7-10-21-49)69(62)74-46-73(64-29-15-16-30-65(64)74)58-26-17-19-47(36-58)35-48-31-32-60-59-27-13-14-28-63(59)75(66(60)37-48)68-44-67-53(45-72-68)33-34-76-67;/h7-34,38-45H,35H2,1-6H3;/q-2;/i8D,11D,12D,22D,23D;. The molecule has 4 heterocycles. The molecule has 0 aliphatic heterocycles. The van der Waals surface area contributed by atoms with Crippen molar-refractivity contribution in [3.05, 3.63) is 259 Å². The molecule has 0 radical (unpaired) electrons. The first-order valence-corrected chi connectivity index (χ1v) is 25.8. The van der Waals surface area contributed by atoms with E-state index >= 15 is 0 Å². The second-order valence-corrected chi connectivity index (χ2v) is 21.8. The molecule has 0 bridgehead atoms. The van der Waals surface area contributed by atoms with E-state index in [0.29, 0.717) is 12.0 Å². The second-order valence-electron chi connectivity index (χ2n) is 21.8. The zero-order valence-electron chi connectivity index (χ0n) is 48.6. The van der Waals surface area contributed by atoms with E-state index in [0.717, 1.165) is 117 Å². The number of para-hydroxylation sites is 3. The third-order valence-corrected chi connectivity index (χ3v) is 14.6. The molecule has 0 atom stereocenters. The molecule has 0 saturated carbocycles. The summed E-state index contributed by atoms with van der Waals surface area (Å²) in [6.07, 6.45) is 8.00. The molecule has 4 aromatic heterocycles. The van der Waals surface area contributed by atoms with Gasteiger partial charge < -0.3 is 13.6 Å². The molecule has 13 rings (SSSR count). The fourth-order valence-electron chi connectivity index (χ4n) is 10.6. The van der Waals surface area contributed by atoms with E-state index in [1.54, 1.807) is 6.26 Å². The van der Waals surface area contributed by atoms with Crippen LogP contribution < -0.4 is 4.57 Å². The molecule has 0 aliphatic carbocycles. The maximum atomic E-state index is 9.17. The van der Waals surface area contributed by atoms with E-state index in [1.165, 1.54) is 0 Å². The summed E-state index contributed by atoms with van der Waals surface area (Å²) < 4.78 is 56.5. The Morgan fingerprint density at radius 2 is 1.22 bits per heavy atom. The molecule has 9 aromatic carbocycles. The summed E-state index contributed by atoms with van der Waals surface area (Å²) in [6, 6.07) is 67.1. The topological polar surface area (TPSA) is 39.8 Å². The third kappa shape index (κ3) is 9.23. The van der Waals surface area contributed by atoms with Crippen LogP contribution in [0.5, 0.6) is 0 Å². The van der Waals surface area contributed by atoms with Crippen molar-refractivity contribution in [1.29, 1.82) is 0 Å². The van der Waals surface area contributed by atoms with E-state index < -0.39 is 11.5 Å². The van der Waals surface area contributed by atoms with Crippen molar-refractivity contribution in [1.82, 2.24) is 14.1 Å². The Morgan fingerprint density at radius 3 is 2.03 bits per heavy atom. The Bertz CT molecular complexity index is 4630. The van der Waals surface area contributed by atoms with Crippen LogP contribution in [0.15, 0.2) is 223 Å². The Labute approximate surface area is 472 Å². The summed E-state index contributed by atoms with van der Waals surface area (Å²) in [6.45, 7) is 13.1. The van der Waals surface area contributed by atoms with Gasteiger partial charge in [-0.3, -0.25) is 4.57 Å². The molecule has 0 spiro atoms. The van der Waals surface area contributed by atoms with E-state index in [9.17, 15) is 2.74 Å². The van der Waals surface area contributed by atoms with Gasteiger partial charge in [0.1, 0.15) is 11.4 Å². The molecule has 0 unspecified atom stereocenters. The molecule has 378 valence electrons. The van der Waals surface area contributed by atoms with Crippen LogP contribution in [-0.2, 0) is 38.3 Å². The SMILES string of the molecule is [2H]c1c([2H])c([2H])c(-c2cc(-c3cc(C(C)(C)C)cc(-c4cccc(-c5ccccc5)c4)c3-[n+]3[c-]n(-c4[c-]c(Cc5[c-]c6c(cc5)c5ccccc5n6-c5cc6occc6cn5)ccc4)c4ccccc43)cc(C(C)(C)C)c2)c([2H])c1[2H].[Pt]. The summed E-state index contributed by atoms with van der Waals surface area (Å²) in [5, 5.41) is 3.15. The number of rotatable bonds is 9. The minimum Gasteiger partial charge on any atom is -0.464 e. The Kier molecular flexibility index (Phi) is 11.2. The van der Waals surface area contributed by atoms with Crippen molar-refractivity contribution < 1.29 is 36.9 Å². The molecule has 0 amide bonds. The first-order chi connectivity index (χ1) is 39.0. The van der Waals surface area contributed by atoms with Crippen LogP contribution in [0.4, 0.5) is 0 Å². The van der Waals surface area contributed by atoms with Crippen LogP contribution in [0.1, 0.15) is 70.7 Å². The minimum absolute atomic E-state index is 0. The molecule has 0 fully saturated rings. The maximum Gasteiger partial charge on any atom is 0.268 e. The van der Waals surface area contributed by atoms with Crippen LogP contribution in [0.2, 0.25) is 0 Å². The first-order valence-electron chi connectivity index (χ1n) is 28.3. The van der Waals surface area contributed by atoms with Crippen molar-refractivity contribution in [2.45, 2.75) is 58.8 Å². The number of nitrogens with zero attached hydrogens (tertiary/aromatic N) is 4. The van der Waals surface area contributed by atoms with Crippen LogP contribution >= 0.6 is 0 Å². The van der Waals surface area contributed by atoms with Crippen molar-refractivity contribution in [2.75, 3.05) is 0 Å². The van der Waals surface area contributed by atoms with Gasteiger partial charge in [-0.05, 0) is 108 Å². The van der Waals surface area contributed by atoms with Crippen LogP contribution in [0, 0.1) is 18.5 Å². The summed E-state index contributed by atoms with van der Waals surface area (Å²) in [7, 11) is 0. The number of hydrogen-bond donors (Lipinski definition) is 0. The molecule has 77 heavy (non-hydrogen) atoms. The van der Waals surface area contributed by atoms with Gasteiger partial charge in [-0.1, -0.05) is 193 Å². The van der Waals surface area contributed by atoms with Crippen LogP contribution in [0.25, 0.3) is 106 Å². The van der Waals surface area contributed by atoms with Gasteiger partial charge in [-0.2, -0.15) is 53.6 Å². The third-order valence-electron chi connectivity index (χ3n) is 14.6. The minimum atomic E-state index is -0.424. The molecule has 13 aromatic rings. The van der Waals surface area contributed by atoms with E-state index in [2.05, 4.69) is 219 Å². The monoisotopic (exact) mass is 1180 g/mol. The van der Waals surface area contributed by atoms with Crippen LogP contribution in [0.3, 0.4) is 0 Å². The predicted octanol–water partition coefficient (Wildman–Crippen LogP) is 17.4. The van der Waals surface area contributed by atoms with E-state index in [4.69, 9.17) is 13.5 Å².